The molecule has 1 aromatic rings. The summed E-state index contributed by atoms with van der Waals surface area (Å²) in [6.07, 6.45) is 0.110. The van der Waals surface area contributed by atoms with Gasteiger partial charge in [-0.3, -0.25) is 13.9 Å². The Morgan fingerprint density at radius 3 is 2.10 bits per heavy atom. The van der Waals surface area contributed by atoms with Crippen LogP contribution in [-0.4, -0.2) is 58.6 Å². The molecule has 0 radical (unpaired) electrons. The third-order valence-corrected chi connectivity index (χ3v) is 19.9. The van der Waals surface area contributed by atoms with Gasteiger partial charge < -0.3 is 19.3 Å². The van der Waals surface area contributed by atoms with Gasteiger partial charge in [0.1, 0.15) is 12.2 Å². The van der Waals surface area contributed by atoms with Gasteiger partial charge in [-0.1, -0.05) is 41.5 Å². The second-order valence-corrected chi connectivity index (χ2v) is 26.1. The summed E-state index contributed by atoms with van der Waals surface area (Å²) in [4.78, 5) is 27.0. The first-order chi connectivity index (χ1) is 18.9. The molecule has 0 aromatic carbocycles. The number of hydrogen-bond acceptors (Lipinski definition) is 9. The number of nitrogens with two attached hydrogens (primary N) is 1. The van der Waals surface area contributed by atoms with E-state index >= 15 is 0 Å². The first kappa shape index (κ1) is 33.3. The van der Waals surface area contributed by atoms with Crippen LogP contribution in [0.15, 0.2) is 26.9 Å². The van der Waals surface area contributed by atoms with Gasteiger partial charge in [-0.25, -0.2) is 8.98 Å². The molecule has 0 bridgehead atoms. The van der Waals surface area contributed by atoms with Crippen molar-refractivity contribution in [3.05, 3.63) is 43.7 Å². The Morgan fingerprint density at radius 2 is 1.62 bits per heavy atom. The lowest BCUT2D eigenvalue weighted by Gasteiger charge is -2.43. The smallest absolute Gasteiger partial charge is 0.333 e. The summed E-state index contributed by atoms with van der Waals surface area (Å²) in [6, 6.07) is 0. The van der Waals surface area contributed by atoms with Crippen LogP contribution in [0.3, 0.4) is 0 Å². The van der Waals surface area contributed by atoms with Crippen LogP contribution in [0.5, 0.6) is 0 Å². The van der Waals surface area contributed by atoms with Crippen LogP contribution in [0.2, 0.25) is 36.3 Å². The fourth-order valence-corrected chi connectivity index (χ4v) is 8.38. The van der Waals surface area contributed by atoms with Gasteiger partial charge in [0.2, 0.25) is 0 Å². The summed E-state index contributed by atoms with van der Waals surface area (Å²) in [5, 5.41) is 0.490. The number of aryl methyl sites for hydroxylation is 1. The van der Waals surface area contributed by atoms with Crippen molar-refractivity contribution in [2.45, 2.75) is 128 Å². The lowest BCUT2D eigenvalue weighted by Crippen LogP contribution is -2.59. The standard InChI is InChI=1S/C28H49N3O8SSi2/c1-18-14-31(25(33)30(23(18)32)15-19-12-13-19)24-22(38-42(10,11)27(5,6)7)28(20(29)17-40(34,35)39-28)21(37-24)16-36-41(8,9)26(2,3)4/h14,17,19,21-22,24H,12-13,15-16,29H2,1-11H3. The van der Waals surface area contributed by atoms with Crippen LogP contribution in [0.1, 0.15) is 66.2 Å². The molecule has 1 aromatic heterocycles. The second-order valence-electron chi connectivity index (χ2n) is 15.2. The highest BCUT2D eigenvalue weighted by atomic mass is 32.2. The Hall–Kier alpha value is -1.56. The first-order valence-corrected chi connectivity index (χ1v) is 22.0. The second kappa shape index (κ2) is 10.5. The van der Waals surface area contributed by atoms with Crippen LogP contribution >= 0.6 is 0 Å². The number of rotatable bonds is 8. The zero-order valence-corrected chi connectivity index (χ0v) is 29.8. The zero-order chi connectivity index (χ0) is 31.8. The van der Waals surface area contributed by atoms with E-state index in [1.54, 1.807) is 6.92 Å². The fourth-order valence-electron chi connectivity index (χ4n) is 4.87. The largest absolute Gasteiger partial charge is 0.414 e. The Labute approximate surface area is 251 Å². The molecule has 3 aliphatic rings. The molecule has 4 atom stereocenters. The highest BCUT2D eigenvalue weighted by molar-refractivity contribution is 7.90. The minimum absolute atomic E-state index is 0.0239. The molecule has 4 unspecified atom stereocenters. The Balaban J connectivity index is 1.92. The van der Waals surface area contributed by atoms with Crippen molar-refractivity contribution in [2.75, 3.05) is 6.61 Å². The Morgan fingerprint density at radius 1 is 1.05 bits per heavy atom. The molecule has 14 heteroatoms. The minimum Gasteiger partial charge on any atom is -0.414 e. The van der Waals surface area contributed by atoms with Gasteiger partial charge >= 0.3 is 5.69 Å². The van der Waals surface area contributed by atoms with Crippen molar-refractivity contribution >= 4 is 26.8 Å². The van der Waals surface area contributed by atoms with E-state index in [2.05, 4.69) is 54.6 Å². The van der Waals surface area contributed by atoms with Gasteiger partial charge in [-0.05, 0) is 61.9 Å². The maximum absolute atomic E-state index is 13.9. The molecule has 42 heavy (non-hydrogen) atoms. The summed E-state index contributed by atoms with van der Waals surface area (Å²) in [6.45, 7) is 22.7. The SMILES string of the molecule is Cc1cn(C2OC(CO[Si](C)(C)C(C)(C)C)C3(OS(=O)(=O)C=C3N)C2O[Si](C)(C)C(C)(C)C)c(=O)n(CC2CC2)c1=O. The van der Waals surface area contributed by atoms with Crippen LogP contribution < -0.4 is 17.0 Å². The zero-order valence-electron chi connectivity index (χ0n) is 26.9. The summed E-state index contributed by atoms with van der Waals surface area (Å²) < 4.78 is 54.5. The highest BCUT2D eigenvalue weighted by Gasteiger charge is 2.67. The van der Waals surface area contributed by atoms with Crippen LogP contribution in [0.25, 0.3) is 0 Å². The topological polar surface area (TPSA) is 141 Å². The molecule has 3 heterocycles. The van der Waals surface area contributed by atoms with Crippen molar-refractivity contribution in [1.82, 2.24) is 9.13 Å². The Kier molecular flexibility index (Phi) is 8.35. The third kappa shape index (κ3) is 5.92. The molecule has 2 N–H and O–H groups in total. The van der Waals surface area contributed by atoms with Crippen molar-refractivity contribution in [3.63, 3.8) is 0 Å². The van der Waals surface area contributed by atoms with E-state index in [1.807, 2.05) is 13.1 Å². The van der Waals surface area contributed by atoms with Crippen LogP contribution in [0, 0.1) is 12.8 Å². The molecule has 238 valence electrons. The average Bonchev–Trinajstić information content (AvgIpc) is 3.54. The van der Waals surface area contributed by atoms with Crippen molar-refractivity contribution in [2.24, 2.45) is 11.7 Å². The van der Waals surface area contributed by atoms with Gasteiger partial charge in [0.25, 0.3) is 15.7 Å². The maximum Gasteiger partial charge on any atom is 0.333 e. The molecule has 1 saturated heterocycles. The first-order valence-electron chi connectivity index (χ1n) is 14.7. The van der Waals surface area contributed by atoms with Gasteiger partial charge in [0.15, 0.2) is 28.5 Å². The molecule has 1 spiro atoms. The lowest BCUT2D eigenvalue weighted by atomic mass is 9.89. The normalized spacial score (nSPS) is 28.5. The van der Waals surface area contributed by atoms with Crippen molar-refractivity contribution in [3.8, 4) is 0 Å². The molecule has 4 rings (SSSR count). The lowest BCUT2D eigenvalue weighted by molar-refractivity contribution is -0.0567. The van der Waals surface area contributed by atoms with E-state index in [-0.39, 0.29) is 33.9 Å². The number of ether oxygens (including phenoxy) is 1. The minimum atomic E-state index is -4.19. The van der Waals surface area contributed by atoms with E-state index in [0.29, 0.717) is 12.1 Å². The van der Waals surface area contributed by atoms with Crippen molar-refractivity contribution < 1.29 is 26.2 Å². The fraction of sp³-hybridized carbons (Fsp3) is 0.786. The van der Waals surface area contributed by atoms with Crippen LogP contribution in [0.4, 0.5) is 0 Å². The predicted molar refractivity (Wildman–Crippen MR) is 167 cm³/mol. The quantitative estimate of drug-likeness (QED) is 0.329. The van der Waals surface area contributed by atoms with Gasteiger partial charge in [-0.15, -0.1) is 0 Å². The summed E-state index contributed by atoms with van der Waals surface area (Å²) in [5.74, 6) is 0.272. The molecule has 2 fully saturated rings. The van der Waals surface area contributed by atoms with Gasteiger partial charge in [0.05, 0.1) is 17.7 Å². The van der Waals surface area contributed by atoms with Gasteiger partial charge in [0, 0.05) is 18.3 Å². The molecule has 2 aliphatic heterocycles. The summed E-state index contributed by atoms with van der Waals surface area (Å²) in [7, 11) is -9.19. The predicted octanol–water partition coefficient (Wildman–Crippen LogP) is 3.94. The Bertz CT molecular complexity index is 1480. The third-order valence-electron chi connectivity index (χ3n) is 9.85. The number of aromatic nitrogens is 2. The molecule has 1 saturated carbocycles. The molecule has 1 aliphatic carbocycles. The molecular formula is C28H49N3O8SSi2. The number of hydrogen-bond donors (Lipinski definition) is 1. The average molecular weight is 644 g/mol. The van der Waals surface area contributed by atoms with Crippen LogP contribution in [-0.2, 0) is 34.4 Å². The highest BCUT2D eigenvalue weighted by Crippen LogP contribution is 2.52. The molecule has 11 nitrogen and oxygen atoms in total. The maximum atomic E-state index is 13.9. The van der Waals surface area contributed by atoms with E-state index in [0.717, 1.165) is 18.2 Å². The van der Waals surface area contributed by atoms with E-state index in [1.165, 1.54) is 15.3 Å². The van der Waals surface area contributed by atoms with E-state index in [9.17, 15) is 18.0 Å². The van der Waals surface area contributed by atoms with E-state index in [4.69, 9.17) is 23.5 Å². The monoisotopic (exact) mass is 643 g/mol. The molecular weight excluding hydrogens is 595 g/mol. The van der Waals surface area contributed by atoms with Gasteiger partial charge in [-0.2, -0.15) is 8.42 Å². The summed E-state index contributed by atoms with van der Waals surface area (Å²) in [5.41, 5.74) is 4.18. The van der Waals surface area contributed by atoms with Crippen molar-refractivity contribution in [1.29, 1.82) is 0 Å². The molecule has 0 amide bonds. The van der Waals surface area contributed by atoms with E-state index < -0.39 is 56.5 Å². The number of nitrogens with zero attached hydrogens (tertiary/aromatic N) is 2. The summed E-state index contributed by atoms with van der Waals surface area (Å²) >= 11 is 0.